The highest BCUT2D eigenvalue weighted by Gasteiger charge is 2.27. The maximum absolute atomic E-state index is 12.1. The Balaban J connectivity index is 4.19. The number of hydrogen-bond donors (Lipinski definition) is 4. The number of rotatable bonds is 17. The minimum absolute atomic E-state index is 0.212. The first-order valence-corrected chi connectivity index (χ1v) is 13.1. The van der Waals surface area contributed by atoms with Crippen LogP contribution in [0, 0.1) is 5.92 Å². The van der Waals surface area contributed by atoms with Gasteiger partial charge in [0.05, 0.1) is 18.5 Å². The topological polar surface area (TPSA) is 157 Å². The minimum Gasteiger partial charge on any atom is -0.459 e. The van der Waals surface area contributed by atoms with Crippen LogP contribution in [-0.2, 0) is 23.9 Å². The van der Waals surface area contributed by atoms with Crippen molar-refractivity contribution in [2.24, 2.45) is 11.7 Å². The van der Waals surface area contributed by atoms with E-state index in [0.717, 1.165) is 0 Å². The molecule has 0 spiro atoms. The Kier molecular flexibility index (Phi) is 16.0. The number of Topliss-reactive ketones (excluding diaryl/α,β-unsaturated/α-hetero) is 1. The second-order valence-corrected chi connectivity index (χ2v) is 9.63. The Morgan fingerprint density at radius 1 is 0.970 bits per heavy atom. The minimum atomic E-state index is -0.692. The van der Waals surface area contributed by atoms with Crippen molar-refractivity contribution in [3.63, 3.8) is 0 Å². The van der Waals surface area contributed by atoms with Gasteiger partial charge in [0.15, 0.2) is 5.78 Å². The smallest absolute Gasteiger partial charge is 0.312 e. The molecule has 0 fully saturated rings. The lowest BCUT2D eigenvalue weighted by Crippen LogP contribution is -2.45. The molecule has 1 atom stereocenters. The van der Waals surface area contributed by atoms with E-state index in [0.29, 0.717) is 49.3 Å². The maximum atomic E-state index is 12.1. The SMILES string of the molecule is CC(=O)C(CCCNC(N)=O)NC(=O)CNC(=O)CCCCC(C)(C)OC(=O)C(CBr)CBr. The molecule has 0 aromatic heterocycles. The number of primary amides is 1. The lowest BCUT2D eigenvalue weighted by Gasteiger charge is -2.27. The molecule has 12 heteroatoms. The molecule has 190 valence electrons. The number of carbonyl (C=O) groups excluding carboxylic acids is 5. The van der Waals surface area contributed by atoms with Crippen molar-refractivity contribution in [1.82, 2.24) is 16.0 Å². The molecule has 10 nitrogen and oxygen atoms in total. The van der Waals surface area contributed by atoms with Crippen molar-refractivity contribution in [2.75, 3.05) is 23.7 Å². The van der Waals surface area contributed by atoms with Gasteiger partial charge in [-0.2, -0.15) is 0 Å². The third-order valence-electron chi connectivity index (χ3n) is 4.76. The first-order valence-electron chi connectivity index (χ1n) is 10.9. The summed E-state index contributed by atoms with van der Waals surface area (Å²) in [6, 6.07) is -1.34. The molecule has 0 aliphatic carbocycles. The molecular weight excluding hydrogens is 564 g/mol. The van der Waals surface area contributed by atoms with Gasteiger partial charge in [0.25, 0.3) is 0 Å². The van der Waals surface area contributed by atoms with Gasteiger partial charge in [0, 0.05) is 23.6 Å². The number of nitrogens with two attached hydrogens (primary N) is 1. The van der Waals surface area contributed by atoms with Crippen molar-refractivity contribution in [3.8, 4) is 0 Å². The van der Waals surface area contributed by atoms with Crippen molar-refractivity contribution in [3.05, 3.63) is 0 Å². The summed E-state index contributed by atoms with van der Waals surface area (Å²) in [7, 11) is 0. The largest absolute Gasteiger partial charge is 0.459 e. The van der Waals surface area contributed by atoms with Gasteiger partial charge in [0.2, 0.25) is 11.8 Å². The van der Waals surface area contributed by atoms with Crippen LogP contribution in [0.2, 0.25) is 0 Å². The number of amides is 4. The fraction of sp³-hybridized carbons (Fsp3) is 0.762. The number of ketones is 1. The van der Waals surface area contributed by atoms with Crippen LogP contribution >= 0.6 is 31.9 Å². The van der Waals surface area contributed by atoms with Crippen LogP contribution in [-0.4, -0.2) is 65.0 Å². The molecule has 0 radical (unpaired) electrons. The summed E-state index contributed by atoms with van der Waals surface area (Å²) in [5.74, 6) is -1.48. The average molecular weight is 600 g/mol. The number of carbonyl (C=O) groups is 5. The van der Waals surface area contributed by atoms with Gasteiger partial charge >= 0.3 is 12.0 Å². The number of esters is 1. The Labute approximate surface area is 212 Å². The summed E-state index contributed by atoms with van der Waals surface area (Å²) in [4.78, 5) is 58.5. The molecule has 0 bridgehead atoms. The van der Waals surface area contributed by atoms with Crippen LogP contribution in [0.15, 0.2) is 0 Å². The molecule has 0 saturated carbocycles. The Morgan fingerprint density at radius 3 is 2.15 bits per heavy atom. The quantitative estimate of drug-likeness (QED) is 0.114. The molecule has 0 aromatic rings. The van der Waals surface area contributed by atoms with Gasteiger partial charge in [-0.05, 0) is 52.9 Å². The van der Waals surface area contributed by atoms with Crippen LogP contribution in [0.1, 0.15) is 59.3 Å². The highest BCUT2D eigenvalue weighted by molar-refractivity contribution is 9.09. The summed E-state index contributed by atoms with van der Waals surface area (Å²) >= 11 is 6.58. The maximum Gasteiger partial charge on any atom is 0.312 e. The Bertz CT molecular complexity index is 671. The standard InChI is InChI=1S/C21H36Br2N4O6/c1-14(28)16(7-6-10-25-20(24)32)27-18(30)13-26-17(29)8-4-5-9-21(2,3)33-19(31)15(11-22)12-23/h15-16H,4-13H2,1-3H3,(H,26,29)(H,27,30)(H3,24,25,32). The van der Waals surface area contributed by atoms with Gasteiger partial charge in [-0.3, -0.25) is 19.2 Å². The summed E-state index contributed by atoms with van der Waals surface area (Å²) in [6.45, 7) is 5.11. The molecule has 0 rings (SSSR count). The van der Waals surface area contributed by atoms with E-state index in [2.05, 4.69) is 47.8 Å². The first-order chi connectivity index (χ1) is 15.4. The molecule has 5 N–H and O–H groups in total. The molecular formula is C21H36Br2N4O6. The molecule has 0 heterocycles. The number of alkyl halides is 2. The third kappa shape index (κ3) is 15.7. The van der Waals surface area contributed by atoms with Gasteiger partial charge in [-0.15, -0.1) is 0 Å². The summed E-state index contributed by atoms with van der Waals surface area (Å²) in [5.41, 5.74) is 4.34. The van der Waals surface area contributed by atoms with E-state index in [1.54, 1.807) is 0 Å². The van der Waals surface area contributed by atoms with E-state index in [1.165, 1.54) is 6.92 Å². The lowest BCUT2D eigenvalue weighted by molar-refractivity contribution is -0.160. The normalized spacial score (nSPS) is 12.1. The number of unbranched alkanes of at least 4 members (excludes halogenated alkanes) is 1. The summed E-state index contributed by atoms with van der Waals surface area (Å²) in [5, 5.41) is 8.56. The zero-order valence-electron chi connectivity index (χ0n) is 19.5. The van der Waals surface area contributed by atoms with Gasteiger partial charge in [-0.25, -0.2) is 4.79 Å². The van der Waals surface area contributed by atoms with Crippen molar-refractivity contribution in [1.29, 1.82) is 0 Å². The molecule has 0 aliphatic rings. The highest BCUT2D eigenvalue weighted by atomic mass is 79.9. The molecule has 1 unspecified atom stereocenters. The number of ether oxygens (including phenoxy) is 1. The monoisotopic (exact) mass is 598 g/mol. The van der Waals surface area contributed by atoms with Gasteiger partial charge < -0.3 is 26.4 Å². The second-order valence-electron chi connectivity index (χ2n) is 8.33. The fourth-order valence-electron chi connectivity index (χ4n) is 2.82. The second kappa shape index (κ2) is 16.9. The molecule has 33 heavy (non-hydrogen) atoms. The van der Waals surface area contributed by atoms with E-state index < -0.39 is 23.6 Å². The first kappa shape index (κ1) is 31.3. The number of nitrogens with one attached hydrogen (secondary N) is 3. The summed E-state index contributed by atoms with van der Waals surface area (Å²) in [6.07, 6.45) is 2.92. The zero-order valence-corrected chi connectivity index (χ0v) is 22.7. The van der Waals surface area contributed by atoms with Gasteiger partial charge in [0.1, 0.15) is 5.60 Å². The third-order valence-corrected chi connectivity index (χ3v) is 6.32. The molecule has 0 saturated heterocycles. The molecule has 0 aliphatic heterocycles. The number of hydrogen-bond acceptors (Lipinski definition) is 6. The predicted molar refractivity (Wildman–Crippen MR) is 132 cm³/mol. The van der Waals surface area contributed by atoms with E-state index >= 15 is 0 Å². The molecule has 0 aromatic carbocycles. The fourth-order valence-corrected chi connectivity index (χ4v) is 4.42. The predicted octanol–water partition coefficient (Wildman–Crippen LogP) is 1.91. The Hall–Kier alpha value is -1.69. The van der Waals surface area contributed by atoms with Crippen LogP contribution in [0.3, 0.4) is 0 Å². The Morgan fingerprint density at radius 2 is 1.61 bits per heavy atom. The zero-order chi connectivity index (χ0) is 25.4. The molecule has 4 amide bonds. The van der Waals surface area contributed by atoms with E-state index in [1.807, 2.05) is 13.8 Å². The van der Waals surface area contributed by atoms with E-state index in [-0.39, 0.29) is 36.5 Å². The number of halogens is 2. The van der Waals surface area contributed by atoms with Crippen molar-refractivity contribution in [2.45, 2.75) is 70.9 Å². The van der Waals surface area contributed by atoms with E-state index in [9.17, 15) is 24.0 Å². The van der Waals surface area contributed by atoms with Crippen LogP contribution < -0.4 is 21.7 Å². The van der Waals surface area contributed by atoms with Crippen molar-refractivity contribution >= 4 is 61.5 Å². The average Bonchev–Trinajstić information content (AvgIpc) is 2.72. The van der Waals surface area contributed by atoms with Gasteiger partial charge in [-0.1, -0.05) is 31.9 Å². The van der Waals surface area contributed by atoms with Crippen LogP contribution in [0.5, 0.6) is 0 Å². The van der Waals surface area contributed by atoms with Crippen molar-refractivity contribution < 1.29 is 28.7 Å². The van der Waals surface area contributed by atoms with Crippen LogP contribution in [0.25, 0.3) is 0 Å². The summed E-state index contributed by atoms with van der Waals surface area (Å²) < 4.78 is 5.56. The van der Waals surface area contributed by atoms with E-state index in [4.69, 9.17) is 10.5 Å². The highest BCUT2D eigenvalue weighted by Crippen LogP contribution is 2.21. The number of urea groups is 1. The van der Waals surface area contributed by atoms with Crippen LogP contribution in [0.4, 0.5) is 4.79 Å². The lowest BCUT2D eigenvalue weighted by atomic mass is 10.00.